The molecule has 0 bridgehead atoms. The molecule has 1 fully saturated rings. The molecule has 1 amide bonds. The minimum atomic E-state index is -3.99. The fourth-order valence-corrected chi connectivity index (χ4v) is 2.77. The van der Waals surface area contributed by atoms with Gasteiger partial charge in [-0.3, -0.25) is 4.79 Å². The van der Waals surface area contributed by atoms with Crippen LogP contribution >= 0.6 is 0 Å². The summed E-state index contributed by atoms with van der Waals surface area (Å²) in [7, 11) is -3.99. The van der Waals surface area contributed by atoms with Crippen LogP contribution in [0.2, 0.25) is 0 Å². The highest BCUT2D eigenvalue weighted by atomic mass is 32.2. The van der Waals surface area contributed by atoms with Crippen LogP contribution in [0.3, 0.4) is 0 Å². The maximum absolute atomic E-state index is 13.9. The monoisotopic (exact) mass is 320 g/mol. The third-order valence-electron chi connectivity index (χ3n) is 3.14. The zero-order chi connectivity index (χ0) is 15.9. The summed E-state index contributed by atoms with van der Waals surface area (Å²) in [6.45, 7) is -0.416. The molecule has 0 saturated carbocycles. The molecule has 2 rings (SSSR count). The van der Waals surface area contributed by atoms with Crippen molar-refractivity contribution in [3.05, 3.63) is 29.3 Å². The summed E-state index contributed by atoms with van der Waals surface area (Å²) >= 11 is 0. The van der Waals surface area contributed by atoms with Gasteiger partial charge in [0.15, 0.2) is 11.6 Å². The van der Waals surface area contributed by atoms with Crippen LogP contribution in [0.5, 0.6) is 0 Å². The summed E-state index contributed by atoms with van der Waals surface area (Å²) in [5.41, 5.74) is -1.40. The van der Waals surface area contributed by atoms with E-state index in [2.05, 4.69) is 0 Å². The first-order chi connectivity index (χ1) is 9.62. The molecule has 1 atom stereocenters. The van der Waals surface area contributed by atoms with Gasteiger partial charge in [-0.15, -0.1) is 0 Å². The first-order valence-electron chi connectivity index (χ1n) is 5.66. The molecule has 1 heterocycles. The van der Waals surface area contributed by atoms with Crippen molar-refractivity contribution in [3.8, 4) is 0 Å². The number of anilines is 1. The van der Waals surface area contributed by atoms with Gasteiger partial charge in [0.2, 0.25) is 15.9 Å². The highest BCUT2D eigenvalue weighted by molar-refractivity contribution is 7.89. The molecule has 0 radical (unpaired) electrons. The molecular weight excluding hydrogens is 310 g/mol. The van der Waals surface area contributed by atoms with Crippen LogP contribution in [0.25, 0.3) is 0 Å². The lowest BCUT2D eigenvalue weighted by molar-refractivity contribution is -0.117. The van der Waals surface area contributed by atoms with Crippen molar-refractivity contribution in [1.82, 2.24) is 0 Å². The summed E-state index contributed by atoms with van der Waals surface area (Å²) in [6.07, 6.45) is -0.444. The molecule has 114 valence electrons. The molecule has 1 aromatic rings. The second-order valence-corrected chi connectivity index (χ2v) is 6.33. The van der Waals surface area contributed by atoms with Crippen LogP contribution in [0.1, 0.15) is 16.8 Å². The number of amides is 1. The summed E-state index contributed by atoms with van der Waals surface area (Å²) in [5, 5.41) is 12.4. The Morgan fingerprint density at radius 3 is 2.43 bits per heavy atom. The lowest BCUT2D eigenvalue weighted by Crippen LogP contribution is -2.32. The molecular formula is C11H10F2N2O5S. The van der Waals surface area contributed by atoms with Crippen LogP contribution in [-0.4, -0.2) is 37.2 Å². The van der Waals surface area contributed by atoms with E-state index in [4.69, 9.17) is 10.2 Å². The van der Waals surface area contributed by atoms with Gasteiger partial charge < -0.3 is 10.0 Å². The van der Waals surface area contributed by atoms with Gasteiger partial charge in [0.05, 0.1) is 11.3 Å². The zero-order valence-electron chi connectivity index (χ0n) is 10.4. The molecule has 7 nitrogen and oxygen atoms in total. The third-order valence-corrected chi connectivity index (χ3v) is 4.38. The van der Waals surface area contributed by atoms with Crippen LogP contribution in [0.4, 0.5) is 14.5 Å². The molecule has 21 heavy (non-hydrogen) atoms. The molecule has 1 aromatic carbocycles. The molecule has 0 spiro atoms. The number of carboxylic acids is 1. The number of benzene rings is 1. The number of nitrogens with zero attached hydrogens (tertiary/aromatic N) is 1. The Kier molecular flexibility index (Phi) is 3.68. The number of sulfonamides is 1. The maximum atomic E-state index is 13.9. The van der Waals surface area contributed by atoms with E-state index in [0.717, 1.165) is 17.0 Å². The van der Waals surface area contributed by atoms with Gasteiger partial charge in [0.25, 0.3) is 0 Å². The number of carbonyl (C=O) groups excluding carboxylic acids is 1. The average Bonchev–Trinajstić information content (AvgIpc) is 2.74. The van der Waals surface area contributed by atoms with E-state index in [0.29, 0.717) is 0 Å². The van der Waals surface area contributed by atoms with Gasteiger partial charge in [-0.05, 0) is 12.1 Å². The Hall–Kier alpha value is -2.07. The Balaban J connectivity index is 2.42. The van der Waals surface area contributed by atoms with E-state index in [1.165, 1.54) is 0 Å². The van der Waals surface area contributed by atoms with E-state index in [1.807, 2.05) is 0 Å². The van der Waals surface area contributed by atoms with Crippen molar-refractivity contribution in [2.24, 2.45) is 5.14 Å². The second-order valence-electron chi connectivity index (χ2n) is 4.48. The molecule has 0 aliphatic carbocycles. The highest BCUT2D eigenvalue weighted by Gasteiger charge is 2.38. The van der Waals surface area contributed by atoms with E-state index >= 15 is 0 Å². The lowest BCUT2D eigenvalue weighted by atomic mass is 10.1. The molecule has 10 heteroatoms. The number of carbonyl (C=O) groups is 2. The number of hydrogen-bond donors (Lipinski definition) is 2. The van der Waals surface area contributed by atoms with E-state index in [-0.39, 0.29) is 0 Å². The lowest BCUT2D eigenvalue weighted by Gasteiger charge is -2.17. The summed E-state index contributed by atoms with van der Waals surface area (Å²) in [4.78, 5) is 23.1. The molecule has 0 aromatic heterocycles. The largest absolute Gasteiger partial charge is 0.478 e. The van der Waals surface area contributed by atoms with Crippen molar-refractivity contribution in [3.63, 3.8) is 0 Å². The van der Waals surface area contributed by atoms with Gasteiger partial charge in [0.1, 0.15) is 5.25 Å². The SMILES string of the molecule is NS(=O)(=O)C1CC(=O)N(c2ccc(C(=O)O)c(F)c2F)C1. The van der Waals surface area contributed by atoms with Crippen LogP contribution < -0.4 is 10.0 Å². The standard InChI is InChI=1S/C11H10F2N2O5S/c12-9-6(11(17)18)1-2-7(10(9)13)15-4-5(3-8(15)16)21(14,19)20/h1-2,5H,3-4H2,(H,17,18)(H2,14,19,20). The van der Waals surface area contributed by atoms with Crippen LogP contribution in [0.15, 0.2) is 12.1 Å². The summed E-state index contributed by atoms with van der Waals surface area (Å²) in [5.74, 6) is -5.55. The minimum absolute atomic E-state index is 0.416. The van der Waals surface area contributed by atoms with Crippen molar-refractivity contribution < 1.29 is 31.9 Å². The van der Waals surface area contributed by atoms with E-state index < -0.39 is 63.0 Å². The van der Waals surface area contributed by atoms with Crippen LogP contribution in [0, 0.1) is 11.6 Å². The summed E-state index contributed by atoms with van der Waals surface area (Å²) in [6, 6.07) is 1.71. The number of halogens is 2. The molecule has 1 saturated heterocycles. The zero-order valence-corrected chi connectivity index (χ0v) is 11.2. The topological polar surface area (TPSA) is 118 Å². The van der Waals surface area contributed by atoms with E-state index in [1.54, 1.807) is 0 Å². The van der Waals surface area contributed by atoms with Gasteiger partial charge >= 0.3 is 5.97 Å². The van der Waals surface area contributed by atoms with Crippen molar-refractivity contribution in [1.29, 1.82) is 0 Å². The maximum Gasteiger partial charge on any atom is 0.338 e. The van der Waals surface area contributed by atoms with Crippen molar-refractivity contribution >= 4 is 27.6 Å². The molecule has 1 aliphatic rings. The van der Waals surface area contributed by atoms with Crippen molar-refractivity contribution in [2.45, 2.75) is 11.7 Å². The smallest absolute Gasteiger partial charge is 0.338 e. The minimum Gasteiger partial charge on any atom is -0.478 e. The fraction of sp³-hybridized carbons (Fsp3) is 0.273. The first-order valence-corrected chi connectivity index (χ1v) is 7.27. The normalized spacial score (nSPS) is 19.1. The van der Waals surface area contributed by atoms with Crippen LogP contribution in [-0.2, 0) is 14.8 Å². The Morgan fingerprint density at radius 2 is 1.95 bits per heavy atom. The van der Waals surface area contributed by atoms with Gasteiger partial charge in [0, 0.05) is 13.0 Å². The summed E-state index contributed by atoms with van der Waals surface area (Å²) < 4.78 is 49.9. The Morgan fingerprint density at radius 1 is 1.33 bits per heavy atom. The molecule has 1 unspecified atom stereocenters. The van der Waals surface area contributed by atoms with E-state index in [9.17, 15) is 26.8 Å². The Labute approximate surface area is 118 Å². The predicted octanol–water partition coefficient (Wildman–Crippen LogP) is 0.0568. The third kappa shape index (κ3) is 2.72. The quantitative estimate of drug-likeness (QED) is 0.816. The van der Waals surface area contributed by atoms with Gasteiger partial charge in [-0.2, -0.15) is 0 Å². The first kappa shape index (κ1) is 15.3. The van der Waals surface area contributed by atoms with Gasteiger partial charge in [-0.25, -0.2) is 27.1 Å². The number of carboxylic acid groups (broad SMARTS) is 1. The predicted molar refractivity (Wildman–Crippen MR) is 67.2 cm³/mol. The molecule has 1 aliphatic heterocycles. The van der Waals surface area contributed by atoms with Gasteiger partial charge in [-0.1, -0.05) is 0 Å². The average molecular weight is 320 g/mol. The number of aromatic carboxylic acids is 1. The highest BCUT2D eigenvalue weighted by Crippen LogP contribution is 2.29. The number of primary sulfonamides is 1. The number of rotatable bonds is 3. The number of hydrogen-bond acceptors (Lipinski definition) is 4. The number of nitrogens with two attached hydrogens (primary N) is 1. The van der Waals surface area contributed by atoms with Crippen molar-refractivity contribution in [2.75, 3.05) is 11.4 Å². The molecule has 3 N–H and O–H groups in total. The second kappa shape index (κ2) is 5.04. The Bertz CT molecular complexity index is 734. The fourth-order valence-electron chi connectivity index (χ4n) is 2.04.